The molecule has 12 heavy (non-hydrogen) atoms. The molecule has 0 bridgehead atoms. The van der Waals surface area contributed by atoms with E-state index in [-0.39, 0.29) is 13.2 Å². The van der Waals surface area contributed by atoms with E-state index in [1.54, 1.807) is 0 Å². The van der Waals surface area contributed by atoms with Crippen LogP contribution in [0.15, 0.2) is 0 Å². The third-order valence-electron chi connectivity index (χ3n) is 2.21. The minimum absolute atomic E-state index is 0.181. The minimum Gasteiger partial charge on any atom is -0.395 e. The average Bonchev–Trinajstić information content (AvgIpc) is 1.97. The van der Waals surface area contributed by atoms with Crippen LogP contribution in [0.5, 0.6) is 0 Å². The van der Waals surface area contributed by atoms with Crippen molar-refractivity contribution in [3.8, 4) is 0 Å². The second kappa shape index (κ2) is 5.48. The van der Waals surface area contributed by atoms with Crippen molar-refractivity contribution in [3.05, 3.63) is 0 Å². The van der Waals surface area contributed by atoms with Gasteiger partial charge in [0.2, 0.25) is 0 Å². The van der Waals surface area contributed by atoms with E-state index in [1.165, 1.54) is 0 Å². The molecule has 0 aromatic rings. The van der Waals surface area contributed by atoms with Crippen LogP contribution >= 0.6 is 0 Å². The molecule has 4 nitrogen and oxygen atoms in total. The Bertz CT molecular complexity index is 112. The smallest absolute Gasteiger partial charge is 0.0558 e. The van der Waals surface area contributed by atoms with Crippen molar-refractivity contribution in [2.75, 3.05) is 45.9 Å². The van der Waals surface area contributed by atoms with Gasteiger partial charge < -0.3 is 15.5 Å². The van der Waals surface area contributed by atoms with Gasteiger partial charge in [-0.1, -0.05) is 0 Å². The summed E-state index contributed by atoms with van der Waals surface area (Å²) in [4.78, 5) is 2.10. The van der Waals surface area contributed by atoms with Crippen LogP contribution in [0.25, 0.3) is 0 Å². The van der Waals surface area contributed by atoms with Crippen LogP contribution in [0.4, 0.5) is 0 Å². The van der Waals surface area contributed by atoms with Gasteiger partial charge in [-0.3, -0.25) is 4.90 Å². The highest BCUT2D eigenvalue weighted by Gasteiger charge is 2.19. The molecule has 1 heterocycles. The summed E-state index contributed by atoms with van der Waals surface area (Å²) < 4.78 is 0. The zero-order valence-corrected chi connectivity index (χ0v) is 7.37. The summed E-state index contributed by atoms with van der Waals surface area (Å²) >= 11 is 0. The molecule has 0 aromatic heterocycles. The maximum absolute atomic E-state index is 8.73. The molecule has 0 spiro atoms. The third kappa shape index (κ3) is 3.06. The fourth-order valence-corrected chi connectivity index (χ4v) is 1.42. The van der Waals surface area contributed by atoms with Gasteiger partial charge in [-0.05, 0) is 5.92 Å². The van der Waals surface area contributed by atoms with Crippen molar-refractivity contribution in [2.45, 2.75) is 0 Å². The Balaban J connectivity index is 2.11. The van der Waals surface area contributed by atoms with Crippen LogP contribution in [0.1, 0.15) is 0 Å². The fourth-order valence-electron chi connectivity index (χ4n) is 1.42. The summed E-state index contributed by atoms with van der Waals surface area (Å²) in [6, 6.07) is 0. The second-order valence-electron chi connectivity index (χ2n) is 3.27. The monoisotopic (exact) mass is 174 g/mol. The molecule has 0 aromatic carbocycles. The fraction of sp³-hybridized carbons (Fsp3) is 1.00. The molecule has 0 radical (unpaired) electrons. The molecule has 1 saturated heterocycles. The van der Waals surface area contributed by atoms with E-state index in [2.05, 4.69) is 10.2 Å². The topological polar surface area (TPSA) is 55.7 Å². The molecule has 0 aliphatic carbocycles. The Morgan fingerprint density at radius 3 is 2.08 bits per heavy atom. The van der Waals surface area contributed by atoms with Gasteiger partial charge in [0.05, 0.1) is 13.2 Å². The van der Waals surface area contributed by atoms with Crippen molar-refractivity contribution >= 4 is 0 Å². The Labute approximate surface area is 73.2 Å². The summed E-state index contributed by atoms with van der Waals surface area (Å²) in [7, 11) is 0. The summed E-state index contributed by atoms with van der Waals surface area (Å²) in [5.41, 5.74) is 0. The van der Waals surface area contributed by atoms with Crippen LogP contribution in [-0.4, -0.2) is 61.1 Å². The largest absolute Gasteiger partial charge is 0.395 e. The van der Waals surface area contributed by atoms with E-state index in [4.69, 9.17) is 10.2 Å². The molecule has 1 aliphatic heterocycles. The number of hydrogen-bond acceptors (Lipinski definition) is 4. The lowest BCUT2D eigenvalue weighted by Gasteiger charge is -2.32. The SMILES string of the molecule is OCCN(CCO)CC1CNC1. The first kappa shape index (κ1) is 9.92. The van der Waals surface area contributed by atoms with Crippen molar-refractivity contribution in [2.24, 2.45) is 5.92 Å². The van der Waals surface area contributed by atoms with Gasteiger partial charge >= 0.3 is 0 Å². The van der Waals surface area contributed by atoms with Crippen LogP contribution in [-0.2, 0) is 0 Å². The van der Waals surface area contributed by atoms with E-state index < -0.39 is 0 Å². The predicted molar refractivity (Wildman–Crippen MR) is 47.0 cm³/mol. The van der Waals surface area contributed by atoms with Gasteiger partial charge in [0.1, 0.15) is 0 Å². The summed E-state index contributed by atoms with van der Waals surface area (Å²) in [5.74, 6) is 0.711. The Morgan fingerprint density at radius 1 is 1.17 bits per heavy atom. The van der Waals surface area contributed by atoms with E-state index in [1.807, 2.05) is 0 Å². The van der Waals surface area contributed by atoms with Gasteiger partial charge in [-0.25, -0.2) is 0 Å². The molecule has 3 N–H and O–H groups in total. The number of hydrogen-bond donors (Lipinski definition) is 3. The number of aliphatic hydroxyl groups excluding tert-OH is 2. The molecule has 1 rings (SSSR count). The summed E-state index contributed by atoms with van der Waals surface area (Å²) in [6.45, 7) is 4.86. The van der Waals surface area contributed by atoms with Crippen molar-refractivity contribution in [1.82, 2.24) is 10.2 Å². The van der Waals surface area contributed by atoms with Crippen LogP contribution in [0, 0.1) is 5.92 Å². The minimum atomic E-state index is 0.181. The molecule has 0 unspecified atom stereocenters. The molecule has 1 fully saturated rings. The van der Waals surface area contributed by atoms with Gasteiger partial charge in [0.25, 0.3) is 0 Å². The highest BCUT2D eigenvalue weighted by molar-refractivity contribution is 4.77. The summed E-state index contributed by atoms with van der Waals surface area (Å²) in [6.07, 6.45) is 0. The lowest BCUT2D eigenvalue weighted by molar-refractivity contribution is 0.130. The Hall–Kier alpha value is -0.160. The van der Waals surface area contributed by atoms with Crippen LogP contribution < -0.4 is 5.32 Å². The molecule has 0 amide bonds. The first-order valence-electron chi connectivity index (χ1n) is 4.51. The quantitative estimate of drug-likeness (QED) is 0.458. The van der Waals surface area contributed by atoms with Crippen LogP contribution in [0.3, 0.4) is 0 Å². The number of rotatable bonds is 6. The lowest BCUT2D eigenvalue weighted by Crippen LogP contribution is -2.49. The normalized spacial score (nSPS) is 18.2. The maximum Gasteiger partial charge on any atom is 0.0558 e. The highest BCUT2D eigenvalue weighted by Crippen LogP contribution is 2.04. The predicted octanol–water partition coefficient (Wildman–Crippen LogP) is -1.51. The second-order valence-corrected chi connectivity index (χ2v) is 3.27. The summed E-state index contributed by atoms with van der Waals surface area (Å²) in [5, 5.41) is 20.7. The molecule has 72 valence electrons. The third-order valence-corrected chi connectivity index (χ3v) is 2.21. The Morgan fingerprint density at radius 2 is 1.75 bits per heavy atom. The number of aliphatic hydroxyl groups is 2. The van der Waals surface area contributed by atoms with Crippen molar-refractivity contribution in [3.63, 3.8) is 0 Å². The van der Waals surface area contributed by atoms with Gasteiger partial charge in [-0.2, -0.15) is 0 Å². The highest BCUT2D eigenvalue weighted by atomic mass is 16.3. The van der Waals surface area contributed by atoms with E-state index in [9.17, 15) is 0 Å². The van der Waals surface area contributed by atoms with E-state index >= 15 is 0 Å². The van der Waals surface area contributed by atoms with Gasteiger partial charge in [0, 0.05) is 32.7 Å². The standard InChI is InChI=1S/C8H18N2O2/c11-3-1-10(2-4-12)7-8-5-9-6-8/h8-9,11-12H,1-7H2. The molecular weight excluding hydrogens is 156 g/mol. The van der Waals surface area contributed by atoms with Crippen molar-refractivity contribution < 1.29 is 10.2 Å². The zero-order valence-electron chi connectivity index (χ0n) is 7.37. The Kier molecular flexibility index (Phi) is 4.53. The van der Waals surface area contributed by atoms with E-state index in [0.29, 0.717) is 19.0 Å². The average molecular weight is 174 g/mol. The first-order valence-corrected chi connectivity index (χ1v) is 4.51. The number of nitrogens with zero attached hydrogens (tertiary/aromatic N) is 1. The molecular formula is C8H18N2O2. The van der Waals surface area contributed by atoms with E-state index in [0.717, 1.165) is 19.6 Å². The lowest BCUT2D eigenvalue weighted by atomic mass is 10.0. The van der Waals surface area contributed by atoms with Gasteiger partial charge in [0.15, 0.2) is 0 Å². The molecule has 4 heteroatoms. The van der Waals surface area contributed by atoms with Crippen LogP contribution in [0.2, 0.25) is 0 Å². The first-order chi connectivity index (χ1) is 5.86. The molecule has 1 aliphatic rings. The molecule has 0 saturated carbocycles. The number of nitrogens with one attached hydrogen (secondary N) is 1. The van der Waals surface area contributed by atoms with Gasteiger partial charge in [-0.15, -0.1) is 0 Å². The van der Waals surface area contributed by atoms with Crippen molar-refractivity contribution in [1.29, 1.82) is 0 Å². The molecule has 0 atom stereocenters. The zero-order chi connectivity index (χ0) is 8.81. The maximum atomic E-state index is 8.73.